The molecule has 1 N–H and O–H groups in total. The third-order valence-corrected chi connectivity index (χ3v) is 8.03. The second-order valence-corrected chi connectivity index (χ2v) is 10.3. The number of anilines is 1. The molecule has 0 saturated heterocycles. The van der Waals surface area contributed by atoms with Gasteiger partial charge in [0.25, 0.3) is 5.91 Å². The number of nitrogens with one attached hydrogen (secondary N) is 1. The molecule has 1 aromatic carbocycles. The molecule has 3 aromatic rings. The van der Waals surface area contributed by atoms with Gasteiger partial charge < -0.3 is 9.88 Å². The Balaban J connectivity index is 1.61. The molecule has 0 bridgehead atoms. The van der Waals surface area contributed by atoms with Crippen LogP contribution in [0.2, 0.25) is 0 Å². The van der Waals surface area contributed by atoms with Gasteiger partial charge in [0.2, 0.25) is 5.91 Å². The Bertz CT molecular complexity index is 1160. The van der Waals surface area contributed by atoms with Crippen LogP contribution < -0.4 is 10.2 Å². The van der Waals surface area contributed by atoms with Crippen molar-refractivity contribution in [3.63, 3.8) is 0 Å². The van der Waals surface area contributed by atoms with Crippen molar-refractivity contribution in [2.24, 2.45) is 5.92 Å². The summed E-state index contributed by atoms with van der Waals surface area (Å²) in [6, 6.07) is 12.0. The molecule has 1 aliphatic heterocycles. The lowest BCUT2D eigenvalue weighted by Gasteiger charge is -2.45. The smallest absolute Gasteiger partial charge is 0.275 e. The Hall–Kier alpha value is -2.60. The van der Waals surface area contributed by atoms with E-state index in [1.54, 1.807) is 16.2 Å². The number of para-hydroxylation sites is 1. The first-order valence-corrected chi connectivity index (χ1v) is 12.1. The first kappa shape index (κ1) is 20.3. The van der Waals surface area contributed by atoms with Crippen molar-refractivity contribution in [3.05, 3.63) is 53.0 Å². The zero-order valence-corrected chi connectivity index (χ0v) is 19.2. The minimum atomic E-state index is -1.01. The molecule has 2 amide bonds. The Morgan fingerprint density at radius 3 is 2.74 bits per heavy atom. The van der Waals surface area contributed by atoms with Gasteiger partial charge in [0.05, 0.1) is 16.8 Å². The topological polar surface area (TPSA) is 54.3 Å². The van der Waals surface area contributed by atoms with E-state index in [-0.39, 0.29) is 17.9 Å². The molecule has 0 radical (unpaired) electrons. The number of hydrogen-bond acceptors (Lipinski definition) is 3. The number of carbonyl (C=O) groups is 2. The Morgan fingerprint density at radius 1 is 1.19 bits per heavy atom. The van der Waals surface area contributed by atoms with Crippen LogP contribution in [-0.4, -0.2) is 28.0 Å². The Kier molecular flexibility index (Phi) is 4.93. The van der Waals surface area contributed by atoms with Gasteiger partial charge in [0, 0.05) is 11.7 Å². The second-order valence-electron chi connectivity index (χ2n) is 9.33. The lowest BCUT2D eigenvalue weighted by atomic mass is 9.84. The highest BCUT2D eigenvalue weighted by Crippen LogP contribution is 2.38. The summed E-state index contributed by atoms with van der Waals surface area (Å²) in [5.41, 5.74) is 2.46. The van der Waals surface area contributed by atoms with Crippen LogP contribution in [0.25, 0.3) is 10.2 Å². The van der Waals surface area contributed by atoms with E-state index in [0.29, 0.717) is 18.2 Å². The molecule has 3 atom stereocenters. The molecule has 5 nitrogen and oxygen atoms in total. The average molecular weight is 436 g/mol. The number of aryl methyl sites for hydroxylation is 1. The molecule has 0 spiro atoms. The van der Waals surface area contributed by atoms with E-state index in [4.69, 9.17) is 0 Å². The van der Waals surface area contributed by atoms with Crippen LogP contribution in [0.4, 0.5) is 5.69 Å². The molecule has 1 saturated carbocycles. The number of amides is 2. The zero-order valence-electron chi connectivity index (χ0n) is 18.4. The van der Waals surface area contributed by atoms with Gasteiger partial charge >= 0.3 is 0 Å². The Morgan fingerprint density at radius 2 is 1.97 bits per heavy atom. The van der Waals surface area contributed by atoms with E-state index in [2.05, 4.69) is 12.2 Å². The summed E-state index contributed by atoms with van der Waals surface area (Å²) in [5, 5.41) is 5.38. The fraction of sp³-hybridized carbons (Fsp3) is 0.440. The SMILES string of the molecule is Cc1ccccc1N1C(=O)c2cc3sccc3n2C[C@]1(C)C(=O)N[C@@H]1CCCC[C@@H]1C. The number of fused-ring (bicyclic) bond motifs is 3. The summed E-state index contributed by atoms with van der Waals surface area (Å²) in [6.45, 7) is 6.57. The number of thiophene rings is 1. The van der Waals surface area contributed by atoms with Crippen LogP contribution in [0.15, 0.2) is 41.8 Å². The zero-order chi connectivity index (χ0) is 21.8. The molecule has 1 aliphatic carbocycles. The van der Waals surface area contributed by atoms with Crippen molar-refractivity contribution >= 4 is 39.1 Å². The fourth-order valence-corrected chi connectivity index (χ4v) is 6.08. The second kappa shape index (κ2) is 7.52. The highest BCUT2D eigenvalue weighted by molar-refractivity contribution is 7.17. The minimum Gasteiger partial charge on any atom is -0.351 e. The molecule has 3 heterocycles. The lowest BCUT2D eigenvalue weighted by molar-refractivity contribution is -0.127. The highest BCUT2D eigenvalue weighted by Gasteiger charge is 2.49. The van der Waals surface area contributed by atoms with E-state index >= 15 is 0 Å². The predicted octanol–water partition coefficient (Wildman–Crippen LogP) is 5.13. The molecular formula is C25H29N3O2S. The molecule has 162 valence electrons. The van der Waals surface area contributed by atoms with E-state index in [1.807, 2.05) is 60.2 Å². The van der Waals surface area contributed by atoms with Crippen LogP contribution in [0.5, 0.6) is 0 Å². The van der Waals surface area contributed by atoms with Crippen LogP contribution in [0.1, 0.15) is 55.6 Å². The van der Waals surface area contributed by atoms with Gasteiger partial charge in [-0.2, -0.15) is 0 Å². The maximum Gasteiger partial charge on any atom is 0.275 e. The first-order valence-electron chi connectivity index (χ1n) is 11.2. The van der Waals surface area contributed by atoms with Gasteiger partial charge in [0.1, 0.15) is 11.2 Å². The third-order valence-electron chi connectivity index (χ3n) is 7.18. The highest BCUT2D eigenvalue weighted by atomic mass is 32.1. The molecule has 0 unspecified atom stereocenters. The number of carbonyl (C=O) groups excluding carboxylic acids is 2. The van der Waals surface area contributed by atoms with Gasteiger partial charge in [-0.15, -0.1) is 11.3 Å². The van der Waals surface area contributed by atoms with Crippen LogP contribution in [0, 0.1) is 12.8 Å². The fourth-order valence-electron chi connectivity index (χ4n) is 5.26. The van der Waals surface area contributed by atoms with Gasteiger partial charge in [-0.3, -0.25) is 14.5 Å². The van der Waals surface area contributed by atoms with Crippen molar-refractivity contribution in [1.82, 2.24) is 9.88 Å². The molecule has 5 rings (SSSR count). The number of hydrogen-bond donors (Lipinski definition) is 1. The van der Waals surface area contributed by atoms with E-state index in [9.17, 15) is 9.59 Å². The van der Waals surface area contributed by atoms with Gasteiger partial charge in [0.15, 0.2) is 0 Å². The van der Waals surface area contributed by atoms with Gasteiger partial charge in [-0.25, -0.2) is 0 Å². The molecule has 2 aromatic heterocycles. The third kappa shape index (κ3) is 3.19. The molecule has 2 aliphatic rings. The standard InChI is InChI=1S/C25H29N3O2S/c1-16-8-4-6-10-18(16)26-24(30)25(3)15-27-20-12-13-31-22(20)14-21(27)23(29)28(25)19-11-7-5-9-17(19)2/h5,7,9,11-14,16,18H,4,6,8,10,15H2,1-3H3,(H,26,30)/t16-,18+,25+/m0/s1. The number of aromatic nitrogens is 1. The summed E-state index contributed by atoms with van der Waals surface area (Å²) in [6.07, 6.45) is 4.51. The number of rotatable bonds is 3. The Labute approximate surface area is 187 Å². The van der Waals surface area contributed by atoms with Crippen molar-refractivity contribution in [2.75, 3.05) is 4.90 Å². The summed E-state index contributed by atoms with van der Waals surface area (Å²) in [4.78, 5) is 29.4. The largest absolute Gasteiger partial charge is 0.351 e. The maximum atomic E-state index is 13.9. The molecule has 6 heteroatoms. The van der Waals surface area contributed by atoms with Crippen molar-refractivity contribution in [1.29, 1.82) is 0 Å². The summed E-state index contributed by atoms with van der Waals surface area (Å²) in [7, 11) is 0. The summed E-state index contributed by atoms with van der Waals surface area (Å²) in [5.74, 6) is 0.280. The van der Waals surface area contributed by atoms with Crippen molar-refractivity contribution in [2.45, 2.75) is 64.6 Å². The van der Waals surface area contributed by atoms with Crippen molar-refractivity contribution in [3.8, 4) is 0 Å². The van der Waals surface area contributed by atoms with E-state index < -0.39 is 5.54 Å². The lowest BCUT2D eigenvalue weighted by Crippen LogP contribution is -2.66. The maximum absolute atomic E-state index is 13.9. The molecular weight excluding hydrogens is 406 g/mol. The van der Waals surface area contributed by atoms with Gasteiger partial charge in [-0.05, 0) is 61.7 Å². The molecule has 31 heavy (non-hydrogen) atoms. The first-order chi connectivity index (χ1) is 14.9. The normalized spacial score (nSPS) is 26.2. The minimum absolute atomic E-state index is 0.0643. The molecule has 1 fully saturated rings. The number of nitrogens with zero attached hydrogens (tertiary/aromatic N) is 2. The van der Waals surface area contributed by atoms with Gasteiger partial charge in [-0.1, -0.05) is 38.0 Å². The monoisotopic (exact) mass is 435 g/mol. The van der Waals surface area contributed by atoms with Crippen LogP contribution in [-0.2, 0) is 11.3 Å². The summed E-state index contributed by atoms with van der Waals surface area (Å²) < 4.78 is 3.12. The van der Waals surface area contributed by atoms with Crippen LogP contribution >= 0.6 is 11.3 Å². The predicted molar refractivity (Wildman–Crippen MR) is 126 cm³/mol. The number of benzene rings is 1. The quantitative estimate of drug-likeness (QED) is 0.620. The summed E-state index contributed by atoms with van der Waals surface area (Å²) >= 11 is 1.63. The van der Waals surface area contributed by atoms with Crippen molar-refractivity contribution < 1.29 is 9.59 Å². The van der Waals surface area contributed by atoms with Crippen LogP contribution in [0.3, 0.4) is 0 Å². The van der Waals surface area contributed by atoms with E-state index in [1.165, 1.54) is 6.42 Å². The van der Waals surface area contributed by atoms with E-state index in [0.717, 1.165) is 40.7 Å². The average Bonchev–Trinajstić information content (AvgIpc) is 3.33.